The van der Waals surface area contributed by atoms with Crippen molar-refractivity contribution < 1.29 is 13.2 Å². The van der Waals surface area contributed by atoms with E-state index < -0.39 is 15.9 Å². The van der Waals surface area contributed by atoms with Gasteiger partial charge in [0, 0.05) is 32.9 Å². The van der Waals surface area contributed by atoms with E-state index in [0.717, 1.165) is 26.5 Å². The van der Waals surface area contributed by atoms with Crippen molar-refractivity contribution in [2.75, 3.05) is 4.72 Å². The Morgan fingerprint density at radius 1 is 1.00 bits per heavy atom. The highest BCUT2D eigenvalue weighted by atomic mass is 79.9. The summed E-state index contributed by atoms with van der Waals surface area (Å²) in [5.74, 6) is -0.414. The zero-order chi connectivity index (χ0) is 23.4. The highest BCUT2D eigenvalue weighted by molar-refractivity contribution is 9.10. The Morgan fingerprint density at radius 2 is 1.73 bits per heavy atom. The average molecular weight is 523 g/mol. The summed E-state index contributed by atoms with van der Waals surface area (Å²) in [5.41, 5.74) is 5.95. The number of hydrogen-bond donors (Lipinski definition) is 2. The summed E-state index contributed by atoms with van der Waals surface area (Å²) in [7, 11) is -3.73. The first kappa shape index (κ1) is 22.6. The quantitative estimate of drug-likeness (QED) is 0.278. The minimum absolute atomic E-state index is 0.140. The van der Waals surface area contributed by atoms with Gasteiger partial charge < -0.3 is 0 Å². The average Bonchev–Trinajstić information content (AvgIpc) is 2.81. The molecular weight excluding hydrogens is 504 g/mol. The number of nitrogens with zero attached hydrogens (tertiary/aromatic N) is 2. The summed E-state index contributed by atoms with van der Waals surface area (Å²) in [6.07, 6.45) is 3.31. The van der Waals surface area contributed by atoms with E-state index in [1.165, 1.54) is 36.4 Å². The lowest BCUT2D eigenvalue weighted by Gasteiger charge is -2.09. The second kappa shape index (κ2) is 9.51. The molecule has 7 nitrogen and oxygen atoms in total. The molecule has 4 rings (SSSR count). The molecule has 0 saturated carbocycles. The topological polar surface area (TPSA) is 101 Å². The molecule has 0 radical (unpaired) electrons. The van der Waals surface area contributed by atoms with E-state index in [1.54, 1.807) is 24.5 Å². The molecule has 0 atom stereocenters. The Hall–Kier alpha value is -3.56. The van der Waals surface area contributed by atoms with Gasteiger partial charge in [0.05, 0.1) is 16.6 Å². The van der Waals surface area contributed by atoms with Crippen LogP contribution in [0.2, 0.25) is 0 Å². The van der Waals surface area contributed by atoms with Crippen LogP contribution in [0.25, 0.3) is 10.9 Å². The van der Waals surface area contributed by atoms with Crippen LogP contribution >= 0.6 is 15.9 Å². The number of anilines is 1. The molecule has 0 aliphatic carbocycles. The van der Waals surface area contributed by atoms with E-state index in [4.69, 9.17) is 0 Å². The first-order valence-corrected chi connectivity index (χ1v) is 12.2. The Bertz CT molecular complexity index is 1450. The van der Waals surface area contributed by atoms with Crippen LogP contribution in [-0.4, -0.2) is 25.5 Å². The molecule has 9 heteroatoms. The minimum atomic E-state index is -3.73. The number of halogens is 1. The highest BCUT2D eigenvalue weighted by Crippen LogP contribution is 2.20. The molecule has 0 unspecified atom stereocenters. The zero-order valence-electron chi connectivity index (χ0n) is 17.5. The number of hydrazone groups is 1. The number of hydrogen-bond acceptors (Lipinski definition) is 5. The molecule has 33 heavy (non-hydrogen) atoms. The van der Waals surface area contributed by atoms with Gasteiger partial charge in [-0.15, -0.1) is 0 Å². The third-order valence-corrected chi connectivity index (χ3v) is 6.82. The normalized spacial score (nSPS) is 11.6. The Kier molecular flexibility index (Phi) is 6.52. The number of benzene rings is 3. The van der Waals surface area contributed by atoms with E-state index in [0.29, 0.717) is 11.3 Å². The standard InChI is InChI=1S/C24H19BrN4O3S/c1-16-4-5-18(22-3-2-14-26-23(16)22)15-27-28-24(30)17-6-10-20(11-7-17)29-33(31,32)21-12-8-19(25)9-13-21/h2-15,29H,1H3,(H,28,30)/b27-15+. The molecule has 166 valence electrons. The fourth-order valence-electron chi connectivity index (χ4n) is 3.19. The largest absolute Gasteiger partial charge is 0.280 e. The second-order valence-electron chi connectivity index (χ2n) is 7.21. The maximum atomic E-state index is 12.5. The summed E-state index contributed by atoms with van der Waals surface area (Å²) in [6.45, 7) is 1.99. The summed E-state index contributed by atoms with van der Waals surface area (Å²) in [4.78, 5) is 17.0. The number of rotatable bonds is 6. The lowest BCUT2D eigenvalue weighted by atomic mass is 10.1. The van der Waals surface area contributed by atoms with Crippen molar-refractivity contribution >= 4 is 54.7 Å². The van der Waals surface area contributed by atoms with Crippen molar-refractivity contribution in [3.05, 3.63) is 100 Å². The van der Waals surface area contributed by atoms with Crippen LogP contribution in [-0.2, 0) is 10.0 Å². The van der Waals surface area contributed by atoms with E-state index in [9.17, 15) is 13.2 Å². The SMILES string of the molecule is Cc1ccc(/C=N/NC(=O)c2ccc(NS(=O)(=O)c3ccc(Br)cc3)cc2)c2cccnc12. The number of aryl methyl sites for hydroxylation is 1. The van der Waals surface area contributed by atoms with Gasteiger partial charge in [0.1, 0.15) is 0 Å². The zero-order valence-corrected chi connectivity index (χ0v) is 19.9. The number of fused-ring (bicyclic) bond motifs is 1. The molecule has 1 heterocycles. The lowest BCUT2D eigenvalue weighted by Crippen LogP contribution is -2.18. The van der Waals surface area contributed by atoms with Crippen molar-refractivity contribution in [3.8, 4) is 0 Å². The van der Waals surface area contributed by atoms with E-state index in [2.05, 4.69) is 36.2 Å². The van der Waals surface area contributed by atoms with Crippen molar-refractivity contribution in [1.82, 2.24) is 10.4 Å². The van der Waals surface area contributed by atoms with Crippen molar-refractivity contribution in [2.45, 2.75) is 11.8 Å². The fraction of sp³-hybridized carbons (Fsp3) is 0.0417. The fourth-order valence-corrected chi connectivity index (χ4v) is 4.51. The van der Waals surface area contributed by atoms with Gasteiger partial charge in [0.2, 0.25) is 0 Å². The van der Waals surface area contributed by atoms with Crippen LogP contribution < -0.4 is 10.1 Å². The van der Waals surface area contributed by atoms with Gasteiger partial charge in [0.25, 0.3) is 15.9 Å². The third-order valence-electron chi connectivity index (χ3n) is 4.90. The molecule has 0 aliphatic heterocycles. The van der Waals surface area contributed by atoms with Crippen LogP contribution in [0.4, 0.5) is 5.69 Å². The molecule has 0 fully saturated rings. The Balaban J connectivity index is 1.43. The number of sulfonamides is 1. The van der Waals surface area contributed by atoms with Crippen LogP contribution in [0.3, 0.4) is 0 Å². The molecule has 3 aromatic carbocycles. The second-order valence-corrected chi connectivity index (χ2v) is 9.81. The van der Waals surface area contributed by atoms with E-state index in [-0.39, 0.29) is 4.90 Å². The monoisotopic (exact) mass is 522 g/mol. The smallest absolute Gasteiger partial charge is 0.271 e. The molecule has 1 aromatic heterocycles. The van der Waals surface area contributed by atoms with E-state index in [1.807, 2.05) is 31.2 Å². The van der Waals surface area contributed by atoms with Crippen molar-refractivity contribution in [1.29, 1.82) is 0 Å². The summed E-state index contributed by atoms with van der Waals surface area (Å²) >= 11 is 3.28. The summed E-state index contributed by atoms with van der Waals surface area (Å²) < 4.78 is 28.3. The molecule has 0 bridgehead atoms. The predicted molar refractivity (Wildman–Crippen MR) is 133 cm³/mol. The molecule has 0 spiro atoms. The third kappa shape index (κ3) is 5.27. The number of carbonyl (C=O) groups is 1. The Morgan fingerprint density at radius 3 is 2.45 bits per heavy atom. The van der Waals surface area contributed by atoms with Crippen molar-refractivity contribution in [2.24, 2.45) is 5.10 Å². The van der Waals surface area contributed by atoms with Crippen LogP contribution in [0.5, 0.6) is 0 Å². The maximum Gasteiger partial charge on any atom is 0.271 e. The molecule has 4 aromatic rings. The summed E-state index contributed by atoms with van der Waals surface area (Å²) in [6, 6.07) is 20.1. The van der Waals surface area contributed by atoms with Crippen LogP contribution in [0.15, 0.2) is 93.5 Å². The molecule has 0 saturated heterocycles. The van der Waals surface area contributed by atoms with Gasteiger partial charge >= 0.3 is 0 Å². The molecule has 0 aliphatic rings. The Labute approximate surface area is 199 Å². The minimum Gasteiger partial charge on any atom is -0.280 e. The van der Waals surface area contributed by atoms with Gasteiger partial charge in [0.15, 0.2) is 0 Å². The van der Waals surface area contributed by atoms with Gasteiger partial charge in [-0.25, -0.2) is 13.8 Å². The van der Waals surface area contributed by atoms with Crippen LogP contribution in [0.1, 0.15) is 21.5 Å². The predicted octanol–water partition coefficient (Wildman–Crippen LogP) is 4.87. The number of aromatic nitrogens is 1. The van der Waals surface area contributed by atoms with Crippen LogP contribution in [0, 0.1) is 6.92 Å². The molecule has 2 N–H and O–H groups in total. The molecule has 1 amide bonds. The summed E-state index contributed by atoms with van der Waals surface area (Å²) in [5, 5.41) is 5.00. The maximum absolute atomic E-state index is 12.5. The number of amides is 1. The van der Waals surface area contributed by atoms with Gasteiger partial charge in [-0.3, -0.25) is 14.5 Å². The van der Waals surface area contributed by atoms with Gasteiger partial charge in [-0.05, 0) is 67.1 Å². The van der Waals surface area contributed by atoms with Gasteiger partial charge in [-0.2, -0.15) is 5.10 Å². The number of carbonyl (C=O) groups excluding carboxylic acids is 1. The number of nitrogens with one attached hydrogen (secondary N) is 2. The number of pyridine rings is 1. The molecular formula is C24H19BrN4O3S. The first-order chi connectivity index (χ1) is 15.8. The first-order valence-electron chi connectivity index (χ1n) is 9.90. The van der Waals surface area contributed by atoms with E-state index >= 15 is 0 Å². The van der Waals surface area contributed by atoms with Gasteiger partial charge in [-0.1, -0.05) is 34.1 Å². The lowest BCUT2D eigenvalue weighted by molar-refractivity contribution is 0.0955. The highest BCUT2D eigenvalue weighted by Gasteiger charge is 2.14. The van der Waals surface area contributed by atoms with Crippen molar-refractivity contribution in [3.63, 3.8) is 0 Å².